The summed E-state index contributed by atoms with van der Waals surface area (Å²) < 4.78 is 1.09. The van der Waals surface area contributed by atoms with Crippen LogP contribution in [-0.2, 0) is 0 Å². The van der Waals surface area contributed by atoms with Crippen molar-refractivity contribution in [1.29, 1.82) is 0 Å². The molecule has 0 radical (unpaired) electrons. The summed E-state index contributed by atoms with van der Waals surface area (Å²) in [5.41, 5.74) is 3.59. The molecule has 0 saturated carbocycles. The summed E-state index contributed by atoms with van der Waals surface area (Å²) >= 11 is 16.4. The molecule has 0 saturated heterocycles. The topological polar surface area (TPSA) is 12.0 Å². The molecule has 2 aliphatic rings. The van der Waals surface area contributed by atoms with Crippen LogP contribution >= 0.6 is 39.1 Å². The molecule has 1 aliphatic heterocycles. The molecular formula is C18H14BrCl2N. The Hall–Kier alpha value is -0.960. The van der Waals surface area contributed by atoms with Gasteiger partial charge in [0.2, 0.25) is 0 Å². The van der Waals surface area contributed by atoms with Crippen LogP contribution in [0.3, 0.4) is 0 Å². The molecule has 0 aromatic heterocycles. The Balaban J connectivity index is 1.86. The van der Waals surface area contributed by atoms with Gasteiger partial charge in [-0.05, 0) is 51.5 Å². The Labute approximate surface area is 148 Å². The first-order valence-corrected chi connectivity index (χ1v) is 8.87. The van der Waals surface area contributed by atoms with Crippen LogP contribution < -0.4 is 5.32 Å². The fraction of sp³-hybridized carbons (Fsp3) is 0.222. The maximum Gasteiger partial charge on any atom is 0.0645 e. The van der Waals surface area contributed by atoms with E-state index in [1.807, 2.05) is 12.1 Å². The maximum atomic E-state index is 6.48. The number of fused-ring (bicyclic) bond motifs is 3. The van der Waals surface area contributed by atoms with E-state index in [9.17, 15) is 0 Å². The first kappa shape index (κ1) is 14.6. The fourth-order valence-corrected chi connectivity index (χ4v) is 4.57. The number of allylic oxidation sites excluding steroid dienone is 2. The van der Waals surface area contributed by atoms with Gasteiger partial charge in [0.15, 0.2) is 0 Å². The number of hydrogen-bond acceptors (Lipinski definition) is 1. The number of halogens is 3. The van der Waals surface area contributed by atoms with Gasteiger partial charge in [-0.3, -0.25) is 0 Å². The van der Waals surface area contributed by atoms with E-state index < -0.39 is 0 Å². The highest BCUT2D eigenvalue weighted by molar-refractivity contribution is 9.10. The maximum absolute atomic E-state index is 6.48. The fourth-order valence-electron chi connectivity index (χ4n) is 3.65. The van der Waals surface area contributed by atoms with Crippen molar-refractivity contribution in [2.45, 2.75) is 18.4 Å². The normalized spacial score (nSPS) is 25.5. The zero-order valence-electron chi connectivity index (χ0n) is 11.7. The molecule has 3 unspecified atom stereocenters. The summed E-state index contributed by atoms with van der Waals surface area (Å²) in [5.74, 6) is 0.895. The van der Waals surface area contributed by atoms with Crippen LogP contribution in [0.2, 0.25) is 10.0 Å². The molecule has 2 aromatic rings. The summed E-state index contributed by atoms with van der Waals surface area (Å²) in [6, 6.07) is 12.4. The second-order valence-corrected chi connectivity index (χ2v) is 7.46. The minimum atomic E-state index is 0.164. The number of benzene rings is 2. The van der Waals surface area contributed by atoms with Crippen LogP contribution in [0.1, 0.15) is 29.5 Å². The van der Waals surface area contributed by atoms with Crippen molar-refractivity contribution in [1.82, 2.24) is 0 Å². The van der Waals surface area contributed by atoms with Gasteiger partial charge in [-0.15, -0.1) is 0 Å². The molecule has 1 N–H and O–H groups in total. The molecule has 0 spiro atoms. The lowest BCUT2D eigenvalue weighted by atomic mass is 9.77. The minimum Gasteiger partial charge on any atom is -0.377 e. The van der Waals surface area contributed by atoms with Gasteiger partial charge in [-0.25, -0.2) is 0 Å². The van der Waals surface area contributed by atoms with E-state index in [1.165, 1.54) is 5.56 Å². The zero-order valence-corrected chi connectivity index (χ0v) is 14.8. The first-order chi connectivity index (χ1) is 10.7. The SMILES string of the molecule is Clc1cccc(C2Nc3c(Br)cccc3C3C=CCC32)c1Cl. The molecule has 1 heterocycles. The highest BCUT2D eigenvalue weighted by Crippen LogP contribution is 2.52. The molecule has 4 rings (SSSR count). The van der Waals surface area contributed by atoms with E-state index in [0.29, 0.717) is 21.9 Å². The summed E-state index contributed by atoms with van der Waals surface area (Å²) in [6.45, 7) is 0. The summed E-state index contributed by atoms with van der Waals surface area (Å²) in [5, 5.41) is 4.96. The number of nitrogens with one attached hydrogen (secondary N) is 1. The van der Waals surface area contributed by atoms with E-state index in [2.05, 4.69) is 57.7 Å². The molecule has 0 bridgehead atoms. The second kappa shape index (κ2) is 5.59. The van der Waals surface area contributed by atoms with Crippen LogP contribution in [0, 0.1) is 5.92 Å². The average molecular weight is 395 g/mol. The first-order valence-electron chi connectivity index (χ1n) is 7.32. The monoisotopic (exact) mass is 393 g/mol. The van der Waals surface area contributed by atoms with Crippen molar-refractivity contribution in [3.05, 3.63) is 74.2 Å². The Bertz CT molecular complexity index is 772. The van der Waals surface area contributed by atoms with Crippen molar-refractivity contribution >= 4 is 44.8 Å². The van der Waals surface area contributed by atoms with E-state index in [0.717, 1.165) is 22.1 Å². The molecule has 4 heteroatoms. The van der Waals surface area contributed by atoms with Gasteiger partial charge in [0.05, 0.1) is 21.8 Å². The summed E-state index contributed by atoms with van der Waals surface area (Å²) in [6.07, 6.45) is 5.65. The third-order valence-corrected chi connectivity index (χ3v) is 6.16. The number of hydrogen-bond donors (Lipinski definition) is 1. The van der Waals surface area contributed by atoms with E-state index in [-0.39, 0.29) is 6.04 Å². The Morgan fingerprint density at radius 3 is 2.68 bits per heavy atom. The Kier molecular flexibility index (Phi) is 3.72. The summed E-state index contributed by atoms with van der Waals surface area (Å²) in [7, 11) is 0. The Morgan fingerprint density at radius 2 is 1.82 bits per heavy atom. The molecule has 112 valence electrons. The van der Waals surface area contributed by atoms with Gasteiger partial charge in [0.25, 0.3) is 0 Å². The van der Waals surface area contributed by atoms with Crippen LogP contribution in [0.4, 0.5) is 5.69 Å². The van der Waals surface area contributed by atoms with Gasteiger partial charge in [-0.2, -0.15) is 0 Å². The van der Waals surface area contributed by atoms with Crippen LogP contribution in [0.15, 0.2) is 53.0 Å². The van der Waals surface area contributed by atoms with Gasteiger partial charge < -0.3 is 5.32 Å². The van der Waals surface area contributed by atoms with Gasteiger partial charge in [0, 0.05) is 10.4 Å². The second-order valence-electron chi connectivity index (χ2n) is 5.82. The van der Waals surface area contributed by atoms with Crippen molar-refractivity contribution in [3.63, 3.8) is 0 Å². The van der Waals surface area contributed by atoms with Crippen LogP contribution in [0.25, 0.3) is 0 Å². The quantitative estimate of drug-likeness (QED) is 0.538. The lowest BCUT2D eigenvalue weighted by Gasteiger charge is -2.38. The molecule has 3 atom stereocenters. The third kappa shape index (κ3) is 2.20. The molecule has 2 aromatic carbocycles. The molecule has 1 nitrogen and oxygen atoms in total. The molecule has 22 heavy (non-hydrogen) atoms. The van der Waals surface area contributed by atoms with Gasteiger partial charge in [-0.1, -0.05) is 59.6 Å². The van der Waals surface area contributed by atoms with Crippen molar-refractivity contribution in [2.75, 3.05) is 5.32 Å². The number of para-hydroxylation sites is 1. The predicted molar refractivity (Wildman–Crippen MR) is 97.0 cm³/mol. The summed E-state index contributed by atoms with van der Waals surface area (Å²) in [4.78, 5) is 0. The standard InChI is InChI=1S/C18H14BrCl2N/c19-14-8-2-6-12-10-4-1-5-11(10)17(22-18(12)14)13-7-3-9-15(20)16(13)21/h1-4,6-11,17,22H,5H2. The van der Waals surface area contributed by atoms with Gasteiger partial charge >= 0.3 is 0 Å². The predicted octanol–water partition coefficient (Wildman–Crippen LogP) is 6.58. The number of anilines is 1. The van der Waals surface area contributed by atoms with Crippen LogP contribution in [0.5, 0.6) is 0 Å². The highest BCUT2D eigenvalue weighted by Gasteiger charge is 2.39. The highest BCUT2D eigenvalue weighted by atomic mass is 79.9. The van der Waals surface area contributed by atoms with E-state index >= 15 is 0 Å². The zero-order chi connectivity index (χ0) is 15.3. The molecule has 0 amide bonds. The molecule has 1 aliphatic carbocycles. The minimum absolute atomic E-state index is 0.164. The molecular weight excluding hydrogens is 381 g/mol. The van der Waals surface area contributed by atoms with Crippen molar-refractivity contribution < 1.29 is 0 Å². The average Bonchev–Trinajstić information content (AvgIpc) is 3.00. The van der Waals surface area contributed by atoms with E-state index in [1.54, 1.807) is 0 Å². The smallest absolute Gasteiger partial charge is 0.0645 e. The van der Waals surface area contributed by atoms with E-state index in [4.69, 9.17) is 23.2 Å². The lowest BCUT2D eigenvalue weighted by molar-refractivity contribution is 0.425. The van der Waals surface area contributed by atoms with Crippen molar-refractivity contribution in [3.8, 4) is 0 Å². The van der Waals surface area contributed by atoms with Gasteiger partial charge in [0.1, 0.15) is 0 Å². The largest absolute Gasteiger partial charge is 0.377 e. The van der Waals surface area contributed by atoms with Crippen LogP contribution in [-0.4, -0.2) is 0 Å². The Morgan fingerprint density at radius 1 is 1.05 bits per heavy atom. The van der Waals surface area contributed by atoms with Crippen molar-refractivity contribution in [2.24, 2.45) is 5.92 Å². The molecule has 0 fully saturated rings. The third-order valence-electron chi connectivity index (χ3n) is 4.66. The lowest BCUT2D eigenvalue weighted by Crippen LogP contribution is -2.29. The number of rotatable bonds is 1.